The molecule has 7 heteroatoms. The van der Waals surface area contributed by atoms with E-state index < -0.39 is 0 Å². The third-order valence-electron chi connectivity index (χ3n) is 4.72. The molecule has 1 aliphatic heterocycles. The molecule has 1 N–H and O–H groups in total. The van der Waals surface area contributed by atoms with Gasteiger partial charge in [0.2, 0.25) is 0 Å². The third-order valence-corrected chi connectivity index (χ3v) is 4.72. The highest BCUT2D eigenvalue weighted by Crippen LogP contribution is 2.21. The van der Waals surface area contributed by atoms with Gasteiger partial charge in [0.25, 0.3) is 5.91 Å². The van der Waals surface area contributed by atoms with Crippen LogP contribution in [0.25, 0.3) is 16.8 Å². The summed E-state index contributed by atoms with van der Waals surface area (Å²) in [6.07, 6.45) is 0. The highest BCUT2D eigenvalue weighted by molar-refractivity contribution is 5.93. The quantitative estimate of drug-likeness (QED) is 0.755. The first-order chi connectivity index (χ1) is 12.7. The number of hydrogen-bond donors (Lipinski definition) is 1. The Morgan fingerprint density at radius 1 is 0.963 bits per heavy atom. The number of aromatic nitrogens is 3. The van der Waals surface area contributed by atoms with Crippen LogP contribution in [-0.4, -0.2) is 52.0 Å². The van der Waals surface area contributed by atoms with Crippen LogP contribution >= 0.6 is 12.4 Å². The number of carbonyl (C=O) groups excluding carboxylic acids is 1. The molecular formula is C20H22ClN5O. The van der Waals surface area contributed by atoms with E-state index in [0.29, 0.717) is 18.8 Å². The number of carbonyl (C=O) groups is 1. The Kier molecular flexibility index (Phi) is 5.88. The van der Waals surface area contributed by atoms with Gasteiger partial charge in [-0.1, -0.05) is 47.7 Å². The highest BCUT2D eigenvalue weighted by atomic mass is 35.5. The van der Waals surface area contributed by atoms with Gasteiger partial charge in [0, 0.05) is 26.2 Å². The van der Waals surface area contributed by atoms with Gasteiger partial charge in [-0.2, -0.15) is 0 Å². The molecule has 0 unspecified atom stereocenters. The fourth-order valence-corrected chi connectivity index (χ4v) is 3.22. The summed E-state index contributed by atoms with van der Waals surface area (Å²) in [5, 5.41) is 11.6. The molecule has 0 bridgehead atoms. The van der Waals surface area contributed by atoms with Crippen molar-refractivity contribution in [3.63, 3.8) is 0 Å². The first kappa shape index (κ1) is 19.1. The van der Waals surface area contributed by atoms with Gasteiger partial charge in [0.1, 0.15) is 0 Å². The molecule has 4 rings (SSSR count). The lowest BCUT2D eigenvalue weighted by atomic mass is 10.1. The van der Waals surface area contributed by atoms with Crippen molar-refractivity contribution in [1.29, 1.82) is 0 Å². The summed E-state index contributed by atoms with van der Waals surface area (Å²) < 4.78 is 1.73. The maximum Gasteiger partial charge on any atom is 0.276 e. The van der Waals surface area contributed by atoms with Crippen molar-refractivity contribution in [2.75, 3.05) is 26.2 Å². The molecule has 1 fully saturated rings. The summed E-state index contributed by atoms with van der Waals surface area (Å²) in [6.45, 7) is 4.94. The summed E-state index contributed by atoms with van der Waals surface area (Å²) in [5.41, 5.74) is 4.40. The predicted octanol–water partition coefficient (Wildman–Crippen LogP) is 2.71. The SMILES string of the molecule is Cc1c(C(=O)N2CCNCC2)nnn1-c1ccc(-c2ccccc2)cc1.Cl. The smallest absolute Gasteiger partial charge is 0.276 e. The minimum Gasteiger partial charge on any atom is -0.335 e. The van der Waals surface area contributed by atoms with Gasteiger partial charge < -0.3 is 10.2 Å². The number of nitrogens with one attached hydrogen (secondary N) is 1. The van der Waals surface area contributed by atoms with Crippen molar-refractivity contribution in [2.45, 2.75) is 6.92 Å². The molecule has 6 nitrogen and oxygen atoms in total. The Hall–Kier alpha value is -2.70. The summed E-state index contributed by atoms with van der Waals surface area (Å²) in [5.74, 6) is -0.0452. The minimum atomic E-state index is -0.0452. The predicted molar refractivity (Wildman–Crippen MR) is 108 cm³/mol. The molecule has 0 spiro atoms. The number of benzene rings is 2. The van der Waals surface area contributed by atoms with Crippen molar-refractivity contribution in [3.05, 3.63) is 66.0 Å². The largest absolute Gasteiger partial charge is 0.335 e. The zero-order valence-electron chi connectivity index (χ0n) is 15.1. The number of rotatable bonds is 3. The van der Waals surface area contributed by atoms with Crippen LogP contribution < -0.4 is 5.32 Å². The Morgan fingerprint density at radius 2 is 1.59 bits per heavy atom. The van der Waals surface area contributed by atoms with Crippen LogP contribution in [0.15, 0.2) is 54.6 Å². The average Bonchev–Trinajstić information content (AvgIpc) is 3.10. The van der Waals surface area contributed by atoms with E-state index in [1.165, 1.54) is 5.56 Å². The molecule has 1 aromatic heterocycles. The lowest BCUT2D eigenvalue weighted by Gasteiger charge is -2.26. The zero-order chi connectivity index (χ0) is 17.9. The number of nitrogens with zero attached hydrogens (tertiary/aromatic N) is 4. The van der Waals surface area contributed by atoms with Gasteiger partial charge in [-0.15, -0.1) is 17.5 Å². The van der Waals surface area contributed by atoms with E-state index in [4.69, 9.17) is 0 Å². The van der Waals surface area contributed by atoms with E-state index in [0.717, 1.165) is 30.0 Å². The Morgan fingerprint density at radius 3 is 2.26 bits per heavy atom. The van der Waals surface area contributed by atoms with Crippen molar-refractivity contribution in [1.82, 2.24) is 25.2 Å². The van der Waals surface area contributed by atoms with E-state index >= 15 is 0 Å². The number of amides is 1. The fraction of sp³-hybridized carbons (Fsp3) is 0.250. The Balaban J connectivity index is 0.00000210. The van der Waals surface area contributed by atoms with Crippen LogP contribution in [0.4, 0.5) is 0 Å². The third kappa shape index (κ3) is 3.86. The number of hydrogen-bond acceptors (Lipinski definition) is 4. The normalized spacial score (nSPS) is 13.9. The Labute approximate surface area is 164 Å². The van der Waals surface area contributed by atoms with E-state index in [1.807, 2.05) is 42.2 Å². The first-order valence-corrected chi connectivity index (χ1v) is 8.82. The van der Waals surface area contributed by atoms with Crippen LogP contribution in [0.2, 0.25) is 0 Å². The van der Waals surface area contributed by atoms with E-state index in [-0.39, 0.29) is 18.3 Å². The summed E-state index contributed by atoms with van der Waals surface area (Å²) in [4.78, 5) is 14.5. The molecule has 140 valence electrons. The fourth-order valence-electron chi connectivity index (χ4n) is 3.22. The van der Waals surface area contributed by atoms with Crippen molar-refractivity contribution in [3.8, 4) is 16.8 Å². The first-order valence-electron chi connectivity index (χ1n) is 8.82. The van der Waals surface area contributed by atoms with Gasteiger partial charge in [0.05, 0.1) is 11.4 Å². The molecule has 2 aromatic carbocycles. The number of piperazine rings is 1. The second-order valence-electron chi connectivity index (χ2n) is 6.39. The summed E-state index contributed by atoms with van der Waals surface area (Å²) in [7, 11) is 0. The average molecular weight is 384 g/mol. The molecule has 0 saturated carbocycles. The second-order valence-corrected chi connectivity index (χ2v) is 6.39. The van der Waals surface area contributed by atoms with Crippen molar-refractivity contribution >= 4 is 18.3 Å². The molecule has 3 aromatic rings. The van der Waals surface area contributed by atoms with E-state index in [1.54, 1.807) is 4.68 Å². The van der Waals surface area contributed by atoms with Gasteiger partial charge >= 0.3 is 0 Å². The van der Waals surface area contributed by atoms with Crippen molar-refractivity contribution in [2.24, 2.45) is 0 Å². The molecule has 2 heterocycles. The monoisotopic (exact) mass is 383 g/mol. The van der Waals surface area contributed by atoms with Gasteiger partial charge in [0.15, 0.2) is 5.69 Å². The van der Waals surface area contributed by atoms with Crippen LogP contribution in [-0.2, 0) is 0 Å². The molecule has 0 radical (unpaired) electrons. The number of halogens is 1. The second kappa shape index (κ2) is 8.33. The summed E-state index contributed by atoms with van der Waals surface area (Å²) >= 11 is 0. The zero-order valence-corrected chi connectivity index (χ0v) is 15.9. The van der Waals surface area contributed by atoms with Gasteiger partial charge in [-0.05, 0) is 30.2 Å². The molecule has 1 saturated heterocycles. The molecule has 0 aliphatic carbocycles. The minimum absolute atomic E-state index is 0. The van der Waals surface area contributed by atoms with E-state index in [9.17, 15) is 4.79 Å². The van der Waals surface area contributed by atoms with Crippen LogP contribution in [0.5, 0.6) is 0 Å². The molecule has 1 amide bonds. The van der Waals surface area contributed by atoms with Crippen LogP contribution in [0.3, 0.4) is 0 Å². The van der Waals surface area contributed by atoms with Crippen molar-refractivity contribution < 1.29 is 4.79 Å². The van der Waals surface area contributed by atoms with Crippen LogP contribution in [0.1, 0.15) is 16.2 Å². The molecule has 1 aliphatic rings. The lowest BCUT2D eigenvalue weighted by Crippen LogP contribution is -2.46. The van der Waals surface area contributed by atoms with E-state index in [2.05, 4.69) is 39.9 Å². The van der Waals surface area contributed by atoms with Gasteiger partial charge in [-0.25, -0.2) is 4.68 Å². The summed E-state index contributed by atoms with van der Waals surface area (Å²) in [6, 6.07) is 18.4. The topological polar surface area (TPSA) is 63.1 Å². The van der Waals surface area contributed by atoms with Crippen LogP contribution in [0, 0.1) is 6.92 Å². The standard InChI is InChI=1S/C20H21N5O.ClH/c1-15-19(20(26)24-13-11-21-12-14-24)22-23-25(15)18-9-7-17(8-10-18)16-5-3-2-4-6-16;/h2-10,21H,11-14H2,1H3;1H. The maximum absolute atomic E-state index is 12.7. The maximum atomic E-state index is 12.7. The highest BCUT2D eigenvalue weighted by Gasteiger charge is 2.24. The van der Waals surface area contributed by atoms with Gasteiger partial charge in [-0.3, -0.25) is 4.79 Å². The molecule has 0 atom stereocenters. The molecular weight excluding hydrogens is 362 g/mol. The lowest BCUT2D eigenvalue weighted by molar-refractivity contribution is 0.0729. The Bertz CT molecular complexity index is 902. The molecule has 27 heavy (non-hydrogen) atoms.